The second-order valence-corrected chi connectivity index (χ2v) is 7.23. The molecule has 0 aliphatic carbocycles. The number of aromatic nitrogens is 1. The molecule has 24 heavy (non-hydrogen) atoms. The van der Waals surface area contributed by atoms with Crippen molar-refractivity contribution in [3.05, 3.63) is 23.9 Å². The highest BCUT2D eigenvalue weighted by Crippen LogP contribution is 2.29. The fraction of sp³-hybridized carbons (Fsp3) is 0.500. The van der Waals surface area contributed by atoms with Gasteiger partial charge in [0.15, 0.2) is 0 Å². The largest absolute Gasteiger partial charge is 0.481 e. The van der Waals surface area contributed by atoms with Crippen molar-refractivity contribution in [3.63, 3.8) is 0 Å². The molecule has 0 aromatic carbocycles. The maximum absolute atomic E-state index is 12.5. The number of amides is 1. The summed E-state index contributed by atoms with van der Waals surface area (Å²) in [5.74, 6) is 0.136. The van der Waals surface area contributed by atoms with Crippen LogP contribution >= 0.6 is 23.5 Å². The molecule has 1 aliphatic rings. The van der Waals surface area contributed by atoms with Crippen LogP contribution in [-0.4, -0.2) is 56.7 Å². The summed E-state index contributed by atoms with van der Waals surface area (Å²) in [7, 11) is 0. The zero-order valence-electron chi connectivity index (χ0n) is 12.5. The number of hydrogen-bond acceptors (Lipinski definition) is 5. The molecule has 1 unspecified atom stereocenters. The van der Waals surface area contributed by atoms with E-state index in [1.54, 1.807) is 16.7 Å². The number of thioether (sulfide) groups is 2. The molecular formula is C14H15F3N2O3S2. The van der Waals surface area contributed by atoms with E-state index in [-0.39, 0.29) is 24.1 Å². The lowest BCUT2D eigenvalue weighted by atomic mass is 10.2. The van der Waals surface area contributed by atoms with Crippen LogP contribution in [0, 0.1) is 0 Å². The van der Waals surface area contributed by atoms with Crippen LogP contribution in [0.3, 0.4) is 0 Å². The minimum Gasteiger partial charge on any atom is -0.481 e. The molecule has 10 heteroatoms. The maximum Gasteiger partial charge on any atom is 0.417 e. The number of carbonyl (C=O) groups is 2. The molecule has 1 atom stereocenters. The second-order valence-electron chi connectivity index (χ2n) is 5.09. The number of nitrogens with zero attached hydrogens (tertiary/aromatic N) is 2. The second kappa shape index (κ2) is 8.11. The molecule has 1 fully saturated rings. The lowest BCUT2D eigenvalue weighted by molar-refractivity contribution is -0.140. The first-order valence-corrected chi connectivity index (χ1v) is 9.16. The van der Waals surface area contributed by atoms with Gasteiger partial charge in [0.2, 0.25) is 5.91 Å². The Morgan fingerprint density at radius 3 is 2.75 bits per heavy atom. The van der Waals surface area contributed by atoms with E-state index in [1.165, 1.54) is 6.07 Å². The Labute approximate surface area is 145 Å². The van der Waals surface area contributed by atoms with Crippen molar-refractivity contribution in [1.82, 2.24) is 9.88 Å². The monoisotopic (exact) mass is 380 g/mol. The highest BCUT2D eigenvalue weighted by molar-refractivity contribution is 8.00. The Balaban J connectivity index is 1.92. The lowest BCUT2D eigenvalue weighted by Crippen LogP contribution is -2.47. The highest BCUT2D eigenvalue weighted by atomic mass is 32.2. The predicted octanol–water partition coefficient (Wildman–Crippen LogP) is 2.61. The van der Waals surface area contributed by atoms with Crippen LogP contribution < -0.4 is 0 Å². The molecular weight excluding hydrogens is 365 g/mol. The third-order valence-electron chi connectivity index (χ3n) is 3.37. The summed E-state index contributed by atoms with van der Waals surface area (Å²) in [6, 6.07) is 1.79. The number of rotatable bonds is 5. The Morgan fingerprint density at radius 2 is 2.17 bits per heavy atom. The summed E-state index contributed by atoms with van der Waals surface area (Å²) in [5, 5.41) is 9.23. The average molecular weight is 380 g/mol. The molecule has 0 bridgehead atoms. The van der Waals surface area contributed by atoms with Crippen LogP contribution in [-0.2, 0) is 15.8 Å². The van der Waals surface area contributed by atoms with Crippen molar-refractivity contribution < 1.29 is 27.9 Å². The first-order valence-electron chi connectivity index (χ1n) is 7.02. The van der Waals surface area contributed by atoms with Gasteiger partial charge in [0.1, 0.15) is 0 Å². The Morgan fingerprint density at radius 1 is 1.42 bits per heavy atom. The fourth-order valence-corrected chi connectivity index (χ4v) is 4.00. The summed E-state index contributed by atoms with van der Waals surface area (Å²) >= 11 is 2.64. The molecule has 132 valence electrons. The molecule has 0 radical (unpaired) electrons. The van der Waals surface area contributed by atoms with Gasteiger partial charge in [0.25, 0.3) is 0 Å². The van der Waals surface area contributed by atoms with Crippen LogP contribution in [0.15, 0.2) is 23.4 Å². The molecule has 2 rings (SSSR count). The van der Waals surface area contributed by atoms with Crippen LogP contribution in [0.1, 0.15) is 12.0 Å². The van der Waals surface area contributed by atoms with Gasteiger partial charge in [-0.1, -0.05) is 11.8 Å². The number of halogens is 3. The van der Waals surface area contributed by atoms with Gasteiger partial charge in [-0.15, -0.1) is 0 Å². The molecule has 1 amide bonds. The number of pyridine rings is 1. The molecule has 0 spiro atoms. The van der Waals surface area contributed by atoms with Crippen molar-refractivity contribution >= 4 is 35.4 Å². The molecule has 1 aromatic heterocycles. The summed E-state index contributed by atoms with van der Waals surface area (Å²) in [5.41, 5.74) is -0.840. The SMILES string of the molecule is O=C(O)CC1CSCCN1C(=O)CSc1ccc(C(F)(F)F)cn1. The zero-order valence-corrected chi connectivity index (χ0v) is 14.1. The van der Waals surface area contributed by atoms with Gasteiger partial charge in [0.05, 0.1) is 28.8 Å². The highest BCUT2D eigenvalue weighted by Gasteiger charge is 2.31. The topological polar surface area (TPSA) is 70.5 Å². The molecule has 1 aromatic rings. The summed E-state index contributed by atoms with van der Waals surface area (Å²) in [6.07, 6.45) is -3.82. The van der Waals surface area contributed by atoms with Crippen molar-refractivity contribution in [3.8, 4) is 0 Å². The maximum atomic E-state index is 12.5. The normalized spacial score (nSPS) is 18.5. The summed E-state index contributed by atoms with van der Waals surface area (Å²) in [4.78, 5) is 28.4. The molecule has 1 aliphatic heterocycles. The molecule has 1 N–H and O–H groups in total. The Kier molecular flexibility index (Phi) is 6.39. The quantitative estimate of drug-likeness (QED) is 0.792. The van der Waals surface area contributed by atoms with Gasteiger partial charge >= 0.3 is 12.1 Å². The minimum atomic E-state index is -4.44. The van der Waals surface area contributed by atoms with E-state index in [4.69, 9.17) is 5.11 Å². The van der Waals surface area contributed by atoms with Crippen molar-refractivity contribution in [1.29, 1.82) is 0 Å². The van der Waals surface area contributed by atoms with E-state index in [2.05, 4.69) is 4.98 Å². The van der Waals surface area contributed by atoms with Gasteiger partial charge in [0, 0.05) is 24.2 Å². The first kappa shape index (κ1) is 18.9. The summed E-state index contributed by atoms with van der Waals surface area (Å²) < 4.78 is 37.4. The number of alkyl halides is 3. The average Bonchev–Trinajstić information content (AvgIpc) is 2.52. The van der Waals surface area contributed by atoms with Gasteiger partial charge in [-0.25, -0.2) is 4.98 Å². The van der Waals surface area contributed by atoms with E-state index in [1.807, 2.05) is 0 Å². The van der Waals surface area contributed by atoms with Crippen LogP contribution in [0.4, 0.5) is 13.2 Å². The number of carboxylic acid groups (broad SMARTS) is 1. The molecule has 2 heterocycles. The number of hydrogen-bond donors (Lipinski definition) is 1. The van der Waals surface area contributed by atoms with Crippen LogP contribution in [0.25, 0.3) is 0 Å². The number of carboxylic acids is 1. The van der Waals surface area contributed by atoms with Gasteiger partial charge in [-0.05, 0) is 12.1 Å². The molecule has 1 saturated heterocycles. The fourth-order valence-electron chi connectivity index (χ4n) is 2.21. The van der Waals surface area contributed by atoms with Crippen molar-refractivity contribution in [2.45, 2.75) is 23.7 Å². The van der Waals surface area contributed by atoms with Crippen molar-refractivity contribution in [2.75, 3.05) is 23.8 Å². The molecule has 5 nitrogen and oxygen atoms in total. The predicted molar refractivity (Wildman–Crippen MR) is 85.0 cm³/mol. The van der Waals surface area contributed by atoms with Gasteiger partial charge < -0.3 is 10.0 Å². The minimum absolute atomic E-state index is 0.0130. The van der Waals surface area contributed by atoms with E-state index in [0.29, 0.717) is 17.3 Å². The van der Waals surface area contributed by atoms with Gasteiger partial charge in [-0.2, -0.15) is 24.9 Å². The smallest absolute Gasteiger partial charge is 0.417 e. The summed E-state index contributed by atoms with van der Waals surface area (Å²) in [6.45, 7) is 0.475. The van der Waals surface area contributed by atoms with E-state index >= 15 is 0 Å². The Hall–Kier alpha value is -1.42. The van der Waals surface area contributed by atoms with E-state index in [0.717, 1.165) is 29.8 Å². The van der Waals surface area contributed by atoms with Gasteiger partial charge in [-0.3, -0.25) is 9.59 Å². The zero-order chi connectivity index (χ0) is 17.7. The third-order valence-corrected chi connectivity index (χ3v) is 5.39. The first-order chi connectivity index (χ1) is 11.3. The lowest BCUT2D eigenvalue weighted by Gasteiger charge is -2.34. The standard InChI is InChI=1S/C14H15F3N2O3S2/c15-14(16,17)9-1-2-11(18-6-9)24-8-12(20)19-3-4-23-7-10(19)5-13(21)22/h1-2,6,10H,3-5,7-8H2,(H,21,22). The Bertz CT molecular complexity index is 596. The number of aliphatic carboxylic acids is 1. The van der Waals surface area contributed by atoms with E-state index in [9.17, 15) is 22.8 Å². The third kappa shape index (κ3) is 5.30. The van der Waals surface area contributed by atoms with Crippen molar-refractivity contribution in [2.24, 2.45) is 0 Å². The molecule has 0 saturated carbocycles. The van der Waals surface area contributed by atoms with Crippen LogP contribution in [0.2, 0.25) is 0 Å². The van der Waals surface area contributed by atoms with Crippen LogP contribution in [0.5, 0.6) is 0 Å². The van der Waals surface area contributed by atoms with E-state index < -0.39 is 17.7 Å². The number of carbonyl (C=O) groups excluding carboxylic acids is 1.